The molecule has 55 heavy (non-hydrogen) atoms. The molecule has 2 heterocycles. The van der Waals surface area contributed by atoms with Gasteiger partial charge in [-0.05, 0) is 93.7 Å². The molecule has 11 rings (SSSR count). The molecule has 0 radical (unpaired) electrons. The normalized spacial score (nSPS) is 14.3. The molecule has 9 aromatic rings. The van der Waals surface area contributed by atoms with E-state index in [0.29, 0.717) is 0 Å². The highest BCUT2D eigenvalue weighted by Crippen LogP contribution is 2.56. The van der Waals surface area contributed by atoms with E-state index in [1.165, 1.54) is 91.2 Å². The molecule has 0 saturated heterocycles. The maximum absolute atomic E-state index is 5.19. The number of aromatic nitrogens is 2. The van der Waals surface area contributed by atoms with Gasteiger partial charge in [0.05, 0.1) is 11.4 Å². The molecule has 2 aliphatic carbocycles. The number of rotatable bonds is 5. The lowest BCUT2D eigenvalue weighted by molar-refractivity contribution is 0.353. The van der Waals surface area contributed by atoms with Crippen LogP contribution in [0, 0.1) is 0 Å². The van der Waals surface area contributed by atoms with Gasteiger partial charge in [-0.15, -0.1) is 11.3 Å². The summed E-state index contributed by atoms with van der Waals surface area (Å²) in [6.45, 7) is 0. The molecule has 0 amide bonds. The van der Waals surface area contributed by atoms with Crippen LogP contribution in [0.4, 0.5) is 0 Å². The Hall–Kier alpha value is -6.16. The fraction of sp³-hybridized carbons (Fsp3) is 0.115. The lowest BCUT2D eigenvalue weighted by Gasteiger charge is -2.36. The summed E-state index contributed by atoms with van der Waals surface area (Å²) >= 11 is 1.87. The second-order valence-electron chi connectivity index (χ2n) is 15.2. The number of benzene rings is 7. The molecule has 2 nitrogen and oxygen atoms in total. The fourth-order valence-corrected chi connectivity index (χ4v) is 10.4. The van der Waals surface area contributed by atoms with Crippen molar-refractivity contribution in [3.8, 4) is 67.3 Å². The Morgan fingerprint density at radius 2 is 0.909 bits per heavy atom. The van der Waals surface area contributed by atoms with Gasteiger partial charge in [0.2, 0.25) is 0 Å². The van der Waals surface area contributed by atoms with Crippen LogP contribution in [0.2, 0.25) is 0 Å². The molecule has 1 fully saturated rings. The Labute approximate surface area is 325 Å². The first-order valence-corrected chi connectivity index (χ1v) is 20.3. The highest BCUT2D eigenvalue weighted by molar-refractivity contribution is 7.25. The largest absolute Gasteiger partial charge is 0.228 e. The Bertz CT molecular complexity index is 2880. The van der Waals surface area contributed by atoms with Gasteiger partial charge in [-0.3, -0.25) is 0 Å². The molecule has 1 spiro atoms. The van der Waals surface area contributed by atoms with Crippen molar-refractivity contribution < 1.29 is 0 Å². The summed E-state index contributed by atoms with van der Waals surface area (Å²) in [5, 5.41) is 2.56. The van der Waals surface area contributed by atoms with Crippen LogP contribution < -0.4 is 0 Å². The zero-order chi connectivity index (χ0) is 36.3. The molecule has 2 aromatic heterocycles. The number of fused-ring (bicyclic) bond motifs is 8. The standard InChI is InChI=1S/C52H38N2S/c1-4-12-34(13-5-1)35-18-20-36(21-19-35)47-33-48(54-51(53-47)37-14-6-2-7-15-37)40-24-27-50-44(31-40)43-30-38(23-26-49(43)55-50)39-22-25-42-41-16-8-9-17-45(41)52(46(42)32-39)28-10-3-11-29-52/h1-2,4-9,12-27,30-33H,3,10-11,28-29H2. The predicted octanol–water partition coefficient (Wildman–Crippen LogP) is 14.4. The van der Waals surface area contributed by atoms with Gasteiger partial charge in [0.15, 0.2) is 5.82 Å². The summed E-state index contributed by atoms with van der Waals surface area (Å²) in [6, 6.07) is 62.0. The quantitative estimate of drug-likeness (QED) is 0.177. The van der Waals surface area contributed by atoms with Gasteiger partial charge >= 0.3 is 0 Å². The van der Waals surface area contributed by atoms with Gasteiger partial charge in [-0.1, -0.05) is 153 Å². The number of hydrogen-bond acceptors (Lipinski definition) is 3. The van der Waals surface area contributed by atoms with Gasteiger partial charge < -0.3 is 0 Å². The topological polar surface area (TPSA) is 25.8 Å². The van der Waals surface area contributed by atoms with Crippen LogP contribution in [0.1, 0.15) is 43.2 Å². The third-order valence-corrected chi connectivity index (χ3v) is 13.3. The first kappa shape index (κ1) is 32.3. The highest BCUT2D eigenvalue weighted by Gasteiger charge is 2.43. The average molecular weight is 723 g/mol. The molecule has 2 aliphatic rings. The Kier molecular flexibility index (Phi) is 7.63. The molecular formula is C52H38N2S. The second-order valence-corrected chi connectivity index (χ2v) is 16.3. The lowest BCUT2D eigenvalue weighted by Crippen LogP contribution is -2.28. The smallest absolute Gasteiger partial charge is 0.160 e. The zero-order valence-electron chi connectivity index (χ0n) is 30.5. The van der Waals surface area contributed by atoms with Crippen LogP contribution in [0.15, 0.2) is 170 Å². The first-order valence-electron chi connectivity index (χ1n) is 19.5. The van der Waals surface area contributed by atoms with E-state index in [1.54, 1.807) is 5.56 Å². The van der Waals surface area contributed by atoms with E-state index in [-0.39, 0.29) is 5.41 Å². The molecule has 262 valence electrons. The van der Waals surface area contributed by atoms with Gasteiger partial charge in [-0.25, -0.2) is 9.97 Å². The predicted molar refractivity (Wildman–Crippen MR) is 231 cm³/mol. The van der Waals surface area contributed by atoms with Crippen molar-refractivity contribution in [2.75, 3.05) is 0 Å². The van der Waals surface area contributed by atoms with E-state index >= 15 is 0 Å². The lowest BCUT2D eigenvalue weighted by atomic mass is 9.67. The maximum Gasteiger partial charge on any atom is 0.160 e. The fourth-order valence-electron chi connectivity index (χ4n) is 9.37. The van der Waals surface area contributed by atoms with E-state index in [0.717, 1.165) is 33.9 Å². The number of nitrogens with zero attached hydrogens (tertiary/aromatic N) is 2. The molecule has 0 aliphatic heterocycles. The summed E-state index contributed by atoms with van der Waals surface area (Å²) in [5.41, 5.74) is 16.1. The van der Waals surface area contributed by atoms with Crippen molar-refractivity contribution in [2.24, 2.45) is 0 Å². The molecular weight excluding hydrogens is 685 g/mol. The molecule has 3 heteroatoms. The third kappa shape index (κ3) is 5.45. The summed E-state index contributed by atoms with van der Waals surface area (Å²) in [4.78, 5) is 10.3. The van der Waals surface area contributed by atoms with Gasteiger partial charge in [0.1, 0.15) is 0 Å². The van der Waals surface area contributed by atoms with E-state index in [2.05, 4.69) is 164 Å². The van der Waals surface area contributed by atoms with Crippen LogP contribution >= 0.6 is 11.3 Å². The Morgan fingerprint density at radius 1 is 0.382 bits per heavy atom. The van der Waals surface area contributed by atoms with Crippen molar-refractivity contribution >= 4 is 31.5 Å². The van der Waals surface area contributed by atoms with Crippen molar-refractivity contribution in [1.29, 1.82) is 0 Å². The van der Waals surface area contributed by atoms with Crippen LogP contribution in [0.5, 0.6) is 0 Å². The summed E-state index contributed by atoms with van der Waals surface area (Å²) in [6.07, 6.45) is 6.43. The van der Waals surface area contributed by atoms with E-state index in [9.17, 15) is 0 Å². The Morgan fingerprint density at radius 3 is 1.65 bits per heavy atom. The minimum atomic E-state index is 0.146. The first-order chi connectivity index (χ1) is 27.2. The summed E-state index contributed by atoms with van der Waals surface area (Å²) < 4.78 is 2.59. The van der Waals surface area contributed by atoms with E-state index < -0.39 is 0 Å². The van der Waals surface area contributed by atoms with Crippen LogP contribution in [-0.4, -0.2) is 9.97 Å². The van der Waals surface area contributed by atoms with Crippen LogP contribution in [-0.2, 0) is 5.41 Å². The minimum absolute atomic E-state index is 0.146. The molecule has 0 atom stereocenters. The highest BCUT2D eigenvalue weighted by atomic mass is 32.1. The number of thiophene rings is 1. The second kappa shape index (κ2) is 13.0. The number of hydrogen-bond donors (Lipinski definition) is 0. The monoisotopic (exact) mass is 722 g/mol. The summed E-state index contributed by atoms with van der Waals surface area (Å²) in [7, 11) is 0. The van der Waals surface area contributed by atoms with Crippen molar-refractivity contribution in [3.05, 3.63) is 181 Å². The van der Waals surface area contributed by atoms with Crippen molar-refractivity contribution in [2.45, 2.75) is 37.5 Å². The van der Waals surface area contributed by atoms with Crippen LogP contribution in [0.3, 0.4) is 0 Å². The van der Waals surface area contributed by atoms with E-state index in [1.807, 2.05) is 17.4 Å². The molecule has 0 bridgehead atoms. The maximum atomic E-state index is 5.19. The zero-order valence-corrected chi connectivity index (χ0v) is 31.3. The molecule has 0 unspecified atom stereocenters. The average Bonchev–Trinajstić information content (AvgIpc) is 3.76. The minimum Gasteiger partial charge on any atom is -0.228 e. The summed E-state index contributed by atoms with van der Waals surface area (Å²) in [5.74, 6) is 0.729. The van der Waals surface area contributed by atoms with Gasteiger partial charge in [0, 0.05) is 42.3 Å². The van der Waals surface area contributed by atoms with Crippen LogP contribution in [0.25, 0.3) is 87.5 Å². The SMILES string of the molecule is c1ccc(-c2ccc(-c3cc(-c4ccc5sc6ccc(-c7ccc8c(c7)C7(CCCCC7)c7ccccc7-8)cc6c5c4)nc(-c4ccccc4)n3)cc2)cc1. The van der Waals surface area contributed by atoms with Crippen molar-refractivity contribution in [3.63, 3.8) is 0 Å². The molecule has 1 saturated carbocycles. The third-order valence-electron chi connectivity index (χ3n) is 12.1. The molecule has 0 N–H and O–H groups in total. The van der Waals surface area contributed by atoms with Gasteiger partial charge in [0.25, 0.3) is 0 Å². The van der Waals surface area contributed by atoms with E-state index in [4.69, 9.17) is 9.97 Å². The van der Waals surface area contributed by atoms with Crippen molar-refractivity contribution in [1.82, 2.24) is 9.97 Å². The Balaban J connectivity index is 1.01. The molecule has 7 aromatic carbocycles. The van der Waals surface area contributed by atoms with Gasteiger partial charge in [-0.2, -0.15) is 0 Å².